The molecule has 0 radical (unpaired) electrons. The van der Waals surface area contributed by atoms with Crippen LogP contribution in [0.3, 0.4) is 0 Å². The zero-order valence-corrected chi connectivity index (χ0v) is 23.4. The molecule has 0 saturated carbocycles. The second kappa shape index (κ2) is 10.7. The summed E-state index contributed by atoms with van der Waals surface area (Å²) in [4.78, 5) is 21.1. The van der Waals surface area contributed by atoms with Crippen molar-refractivity contribution in [1.82, 2.24) is 34.8 Å². The van der Waals surface area contributed by atoms with Crippen LogP contribution in [0.5, 0.6) is 0 Å². The third-order valence-corrected chi connectivity index (χ3v) is 9.21. The zero-order valence-electron chi connectivity index (χ0n) is 22.6. The number of aryl methyl sites for hydroxylation is 1. The number of rotatable bonds is 6. The first-order chi connectivity index (χ1) is 18.5. The molecule has 5 heterocycles. The smallest absolute Gasteiger partial charge is 0.223 e. The van der Waals surface area contributed by atoms with Gasteiger partial charge in [-0.25, -0.2) is 0 Å². The number of aromatic amines is 1. The Hall–Kier alpha value is -2.91. The number of H-pyrrole nitrogens is 1. The van der Waals surface area contributed by atoms with Crippen LogP contribution in [0.25, 0.3) is 27.8 Å². The molecule has 0 bridgehead atoms. The first-order valence-corrected chi connectivity index (χ1v) is 15.1. The van der Waals surface area contributed by atoms with Gasteiger partial charge in [-0.05, 0) is 76.9 Å². The van der Waals surface area contributed by atoms with Gasteiger partial charge in [0.2, 0.25) is 5.91 Å². The van der Waals surface area contributed by atoms with Gasteiger partial charge >= 0.3 is 0 Å². The SMILES string of the molecule is Cc1cc(-c2[nH]c3ccc(C4CCN(C(=O)CCN5CCSCC5)CC4)cc3c2C(C)C)cn2nnnc12. The highest BCUT2D eigenvalue weighted by Crippen LogP contribution is 2.38. The van der Waals surface area contributed by atoms with Crippen LogP contribution >= 0.6 is 11.8 Å². The number of fused-ring (bicyclic) bond motifs is 2. The monoisotopic (exact) mass is 531 g/mol. The summed E-state index contributed by atoms with van der Waals surface area (Å²) < 4.78 is 1.76. The summed E-state index contributed by atoms with van der Waals surface area (Å²) in [6.07, 6.45) is 4.72. The van der Waals surface area contributed by atoms with Crippen LogP contribution < -0.4 is 0 Å². The fourth-order valence-corrected chi connectivity index (χ4v) is 7.13. The molecule has 1 N–H and O–H groups in total. The van der Waals surface area contributed by atoms with E-state index in [2.05, 4.69) is 75.3 Å². The molecule has 0 spiro atoms. The first-order valence-electron chi connectivity index (χ1n) is 13.9. The molecule has 2 aliphatic rings. The molecule has 2 aliphatic heterocycles. The molecule has 3 aromatic heterocycles. The second-order valence-electron chi connectivity index (χ2n) is 11.1. The number of hydrogen-bond donors (Lipinski definition) is 1. The van der Waals surface area contributed by atoms with Crippen molar-refractivity contribution < 1.29 is 4.79 Å². The van der Waals surface area contributed by atoms with E-state index < -0.39 is 0 Å². The number of nitrogens with zero attached hydrogens (tertiary/aromatic N) is 6. The van der Waals surface area contributed by atoms with Crippen LogP contribution in [0.1, 0.15) is 61.6 Å². The molecule has 200 valence electrons. The Morgan fingerprint density at radius 3 is 2.68 bits per heavy atom. The Morgan fingerprint density at radius 1 is 1.13 bits per heavy atom. The van der Waals surface area contributed by atoms with Gasteiger partial charge in [-0.1, -0.05) is 19.9 Å². The van der Waals surface area contributed by atoms with Crippen LogP contribution in [0.4, 0.5) is 0 Å². The number of benzene rings is 1. The number of hydrogen-bond acceptors (Lipinski definition) is 6. The summed E-state index contributed by atoms with van der Waals surface area (Å²) in [5.41, 5.74) is 7.95. The van der Waals surface area contributed by atoms with E-state index in [4.69, 9.17) is 0 Å². The van der Waals surface area contributed by atoms with Gasteiger partial charge in [0, 0.05) is 73.3 Å². The molecule has 6 rings (SSSR count). The summed E-state index contributed by atoms with van der Waals surface area (Å²) in [6.45, 7) is 11.4. The van der Waals surface area contributed by atoms with E-state index in [1.54, 1.807) is 4.52 Å². The van der Waals surface area contributed by atoms with Crippen molar-refractivity contribution in [3.8, 4) is 11.3 Å². The normalized spacial score (nSPS) is 17.7. The number of carbonyl (C=O) groups excluding carboxylic acids is 1. The summed E-state index contributed by atoms with van der Waals surface area (Å²) >= 11 is 2.02. The number of piperidine rings is 1. The molecule has 1 aromatic carbocycles. The zero-order chi connectivity index (χ0) is 26.2. The Kier molecular flexibility index (Phi) is 7.14. The van der Waals surface area contributed by atoms with Gasteiger partial charge in [-0.3, -0.25) is 4.79 Å². The minimum Gasteiger partial charge on any atom is -0.354 e. The molecule has 8 nitrogen and oxygen atoms in total. The van der Waals surface area contributed by atoms with Gasteiger partial charge in [0.1, 0.15) is 0 Å². The van der Waals surface area contributed by atoms with Crippen molar-refractivity contribution in [1.29, 1.82) is 0 Å². The molecule has 0 unspecified atom stereocenters. The van der Waals surface area contributed by atoms with E-state index >= 15 is 0 Å². The fourth-order valence-electron chi connectivity index (χ4n) is 6.15. The molecule has 9 heteroatoms. The van der Waals surface area contributed by atoms with Crippen molar-refractivity contribution in [3.63, 3.8) is 0 Å². The van der Waals surface area contributed by atoms with E-state index in [1.165, 1.54) is 28.0 Å². The molecule has 2 fully saturated rings. The lowest BCUT2D eigenvalue weighted by Gasteiger charge is -2.33. The first kappa shape index (κ1) is 25.4. The summed E-state index contributed by atoms with van der Waals surface area (Å²) in [6, 6.07) is 9.07. The third kappa shape index (κ3) is 4.94. The van der Waals surface area contributed by atoms with E-state index in [1.807, 2.05) is 18.0 Å². The van der Waals surface area contributed by atoms with Gasteiger partial charge in [-0.15, -0.1) is 5.10 Å². The number of pyridine rings is 1. The van der Waals surface area contributed by atoms with Crippen molar-refractivity contribution in [3.05, 3.63) is 47.2 Å². The van der Waals surface area contributed by atoms with E-state index in [0.29, 0.717) is 24.2 Å². The minimum absolute atomic E-state index is 0.323. The lowest BCUT2D eigenvalue weighted by molar-refractivity contribution is -0.132. The summed E-state index contributed by atoms with van der Waals surface area (Å²) in [5.74, 6) is 3.56. The number of aromatic nitrogens is 5. The standard InChI is InChI=1S/C29H37N7OS/c1-19(2)27-24-17-22(21-6-10-35(11-7-21)26(37)8-9-34-12-14-38-15-13-34)4-5-25(24)30-28(27)23-16-20(3)29-31-32-33-36(29)18-23/h4-5,16-19,21,30H,6-15H2,1-3H3. The average molecular weight is 532 g/mol. The van der Waals surface area contributed by atoms with Crippen molar-refractivity contribution in [2.75, 3.05) is 44.2 Å². The summed E-state index contributed by atoms with van der Waals surface area (Å²) in [5, 5.41) is 13.4. The third-order valence-electron chi connectivity index (χ3n) is 8.27. The van der Waals surface area contributed by atoms with Crippen LogP contribution in [-0.4, -0.2) is 85.0 Å². The van der Waals surface area contributed by atoms with Gasteiger partial charge in [0.15, 0.2) is 5.65 Å². The lowest BCUT2D eigenvalue weighted by atomic mass is 9.87. The highest BCUT2D eigenvalue weighted by atomic mass is 32.2. The lowest BCUT2D eigenvalue weighted by Crippen LogP contribution is -2.40. The maximum Gasteiger partial charge on any atom is 0.223 e. The van der Waals surface area contributed by atoms with Gasteiger partial charge in [-0.2, -0.15) is 16.3 Å². The average Bonchev–Trinajstić information content (AvgIpc) is 3.57. The molecular formula is C29H37N7OS. The fraction of sp³-hybridized carbons (Fsp3) is 0.517. The molecule has 2 saturated heterocycles. The van der Waals surface area contributed by atoms with Crippen LogP contribution in [0.2, 0.25) is 0 Å². The molecule has 4 aromatic rings. The Labute approximate surface area is 228 Å². The largest absolute Gasteiger partial charge is 0.354 e. The second-order valence-corrected chi connectivity index (χ2v) is 12.3. The molecule has 0 aliphatic carbocycles. The van der Waals surface area contributed by atoms with Crippen molar-refractivity contribution >= 4 is 34.2 Å². The van der Waals surface area contributed by atoms with Crippen LogP contribution in [0.15, 0.2) is 30.5 Å². The maximum absolute atomic E-state index is 12.9. The van der Waals surface area contributed by atoms with Crippen molar-refractivity contribution in [2.24, 2.45) is 0 Å². The van der Waals surface area contributed by atoms with Crippen LogP contribution in [-0.2, 0) is 4.79 Å². The molecular weight excluding hydrogens is 494 g/mol. The molecule has 1 amide bonds. The molecule has 38 heavy (non-hydrogen) atoms. The minimum atomic E-state index is 0.323. The quantitative estimate of drug-likeness (QED) is 0.383. The number of likely N-dealkylation sites (tertiary alicyclic amines) is 1. The Bertz CT molecular complexity index is 1440. The Balaban J connectivity index is 1.19. The maximum atomic E-state index is 12.9. The van der Waals surface area contributed by atoms with Gasteiger partial charge < -0.3 is 14.8 Å². The predicted molar refractivity (Wildman–Crippen MR) is 154 cm³/mol. The number of tetrazole rings is 1. The van der Waals surface area contributed by atoms with Crippen LogP contribution in [0, 0.1) is 6.92 Å². The summed E-state index contributed by atoms with van der Waals surface area (Å²) in [7, 11) is 0. The number of amides is 1. The highest BCUT2D eigenvalue weighted by Gasteiger charge is 2.26. The van der Waals surface area contributed by atoms with E-state index in [9.17, 15) is 4.79 Å². The number of thioether (sulfide) groups is 1. The topological polar surface area (TPSA) is 82.4 Å². The molecule has 0 atom stereocenters. The van der Waals surface area contributed by atoms with E-state index in [-0.39, 0.29) is 0 Å². The number of nitrogens with one attached hydrogen (secondary N) is 1. The predicted octanol–water partition coefficient (Wildman–Crippen LogP) is 4.85. The Morgan fingerprint density at radius 2 is 1.92 bits per heavy atom. The van der Waals surface area contributed by atoms with Crippen molar-refractivity contribution in [2.45, 2.75) is 51.9 Å². The van der Waals surface area contributed by atoms with Gasteiger partial charge in [0.05, 0.1) is 5.69 Å². The highest BCUT2D eigenvalue weighted by molar-refractivity contribution is 7.99. The number of carbonyl (C=O) groups is 1. The van der Waals surface area contributed by atoms with E-state index in [0.717, 1.165) is 73.6 Å². The van der Waals surface area contributed by atoms with Gasteiger partial charge in [0.25, 0.3) is 0 Å².